The van der Waals surface area contributed by atoms with Crippen LogP contribution in [0.1, 0.15) is 15.9 Å². The summed E-state index contributed by atoms with van der Waals surface area (Å²) in [7, 11) is 0.746. The first-order chi connectivity index (χ1) is 8.97. The summed E-state index contributed by atoms with van der Waals surface area (Å²) in [6, 6.07) is 0. The van der Waals surface area contributed by atoms with E-state index in [1.165, 1.54) is 0 Å². The largest absolute Gasteiger partial charge is 0.573 e. The van der Waals surface area contributed by atoms with Crippen molar-refractivity contribution in [2.45, 2.75) is 12.5 Å². The highest BCUT2D eigenvalue weighted by Crippen LogP contribution is 2.42. The van der Waals surface area contributed by atoms with E-state index < -0.39 is 40.5 Å². The van der Waals surface area contributed by atoms with Crippen LogP contribution in [0, 0.1) is 0 Å². The Balaban J connectivity index is 3.60. The summed E-state index contributed by atoms with van der Waals surface area (Å²) in [6.07, 6.45) is -10.7. The van der Waals surface area contributed by atoms with Gasteiger partial charge in [0.15, 0.2) is 5.75 Å². The molecule has 0 saturated heterocycles. The fourth-order valence-corrected chi connectivity index (χ4v) is 1.39. The molecule has 0 amide bonds. The Labute approximate surface area is 112 Å². The number of methoxy groups -OCH3 is 1. The van der Waals surface area contributed by atoms with E-state index in [-0.39, 0.29) is 6.20 Å². The highest BCUT2D eigenvalue weighted by Gasteiger charge is 2.43. The Morgan fingerprint density at radius 3 is 2.20 bits per heavy atom. The number of esters is 1. The number of rotatable bonds is 2. The molecule has 11 heteroatoms. The minimum atomic E-state index is -5.46. The van der Waals surface area contributed by atoms with Crippen LogP contribution in [-0.2, 0) is 10.9 Å². The number of hydrogen-bond acceptors (Lipinski definition) is 4. The minimum absolute atomic E-state index is 0.0237. The lowest BCUT2D eigenvalue weighted by Gasteiger charge is -2.17. The van der Waals surface area contributed by atoms with E-state index in [0.717, 1.165) is 7.11 Å². The molecule has 112 valence electrons. The standard InChI is InChI=1S/C9H4ClF6NO3/c1-19-7(18)4-5(20-9(14,15)16)3(8(11,12)13)2-17-6(4)10/h2H,1H3. The van der Waals surface area contributed by atoms with Crippen molar-refractivity contribution in [3.05, 3.63) is 22.5 Å². The first kappa shape index (κ1) is 16.3. The third-order valence-corrected chi connectivity index (χ3v) is 2.18. The number of carbonyl (C=O) groups is 1. The molecule has 0 saturated carbocycles. The summed E-state index contributed by atoms with van der Waals surface area (Å²) in [4.78, 5) is 14.3. The molecule has 4 nitrogen and oxygen atoms in total. The molecular weight excluding hydrogens is 320 g/mol. The van der Waals surface area contributed by atoms with E-state index in [0.29, 0.717) is 0 Å². The number of carbonyl (C=O) groups excluding carboxylic acids is 1. The number of aromatic nitrogens is 1. The summed E-state index contributed by atoms with van der Waals surface area (Å²) >= 11 is 5.33. The zero-order valence-electron chi connectivity index (χ0n) is 9.40. The van der Waals surface area contributed by atoms with Gasteiger partial charge in [-0.3, -0.25) is 0 Å². The molecule has 0 unspecified atom stereocenters. The molecule has 0 atom stereocenters. The number of ether oxygens (including phenoxy) is 2. The molecule has 0 bridgehead atoms. The van der Waals surface area contributed by atoms with E-state index in [4.69, 9.17) is 11.6 Å². The summed E-state index contributed by atoms with van der Waals surface area (Å²) < 4.78 is 81.7. The van der Waals surface area contributed by atoms with Crippen molar-refractivity contribution in [3.8, 4) is 5.75 Å². The van der Waals surface area contributed by atoms with Gasteiger partial charge in [-0.1, -0.05) is 11.6 Å². The van der Waals surface area contributed by atoms with Crippen LogP contribution in [-0.4, -0.2) is 24.4 Å². The molecule has 1 aromatic heterocycles. The quantitative estimate of drug-likeness (QED) is 0.475. The van der Waals surface area contributed by atoms with Crippen LogP contribution in [0.4, 0.5) is 26.3 Å². The summed E-state index contributed by atoms with van der Waals surface area (Å²) in [5.41, 5.74) is -3.17. The smallest absolute Gasteiger partial charge is 0.465 e. The number of alkyl halides is 6. The van der Waals surface area contributed by atoms with Gasteiger partial charge in [-0.25, -0.2) is 9.78 Å². The Morgan fingerprint density at radius 1 is 1.25 bits per heavy atom. The zero-order chi connectivity index (χ0) is 15.7. The Morgan fingerprint density at radius 2 is 1.80 bits per heavy atom. The topological polar surface area (TPSA) is 48.4 Å². The average molecular weight is 324 g/mol. The summed E-state index contributed by atoms with van der Waals surface area (Å²) in [5.74, 6) is -3.36. The zero-order valence-corrected chi connectivity index (χ0v) is 10.2. The van der Waals surface area contributed by atoms with E-state index in [2.05, 4.69) is 14.5 Å². The van der Waals surface area contributed by atoms with Crippen molar-refractivity contribution >= 4 is 17.6 Å². The molecular formula is C9H4ClF6NO3. The lowest BCUT2D eigenvalue weighted by atomic mass is 10.1. The first-order valence-corrected chi connectivity index (χ1v) is 4.95. The van der Waals surface area contributed by atoms with Crippen LogP contribution in [0.15, 0.2) is 6.20 Å². The SMILES string of the molecule is COC(=O)c1c(Cl)ncc(C(F)(F)F)c1OC(F)(F)F. The van der Waals surface area contributed by atoms with Crippen molar-refractivity contribution in [1.29, 1.82) is 0 Å². The lowest BCUT2D eigenvalue weighted by molar-refractivity contribution is -0.276. The van der Waals surface area contributed by atoms with Crippen LogP contribution in [0.5, 0.6) is 5.75 Å². The van der Waals surface area contributed by atoms with Gasteiger partial charge in [0.1, 0.15) is 16.3 Å². The second kappa shape index (κ2) is 5.35. The van der Waals surface area contributed by atoms with Crippen LogP contribution in [0.3, 0.4) is 0 Å². The normalized spacial score (nSPS) is 12.2. The van der Waals surface area contributed by atoms with E-state index in [1.807, 2.05) is 0 Å². The molecule has 0 spiro atoms. The molecule has 0 N–H and O–H groups in total. The van der Waals surface area contributed by atoms with E-state index in [9.17, 15) is 31.1 Å². The van der Waals surface area contributed by atoms with Gasteiger partial charge in [0.05, 0.1) is 7.11 Å². The Bertz CT molecular complexity index is 528. The van der Waals surface area contributed by atoms with E-state index >= 15 is 0 Å². The summed E-state index contributed by atoms with van der Waals surface area (Å²) in [6.45, 7) is 0. The van der Waals surface area contributed by atoms with Gasteiger partial charge in [0, 0.05) is 6.20 Å². The van der Waals surface area contributed by atoms with Crippen molar-refractivity contribution in [2.75, 3.05) is 7.11 Å². The molecule has 0 aromatic carbocycles. The third kappa shape index (κ3) is 3.65. The van der Waals surface area contributed by atoms with Crippen molar-refractivity contribution in [2.24, 2.45) is 0 Å². The van der Waals surface area contributed by atoms with Crippen LogP contribution in [0.25, 0.3) is 0 Å². The third-order valence-electron chi connectivity index (χ3n) is 1.90. The maximum absolute atomic E-state index is 12.6. The lowest BCUT2D eigenvalue weighted by Crippen LogP contribution is -2.23. The molecule has 1 aromatic rings. The second-order valence-corrected chi connectivity index (χ2v) is 3.56. The summed E-state index contributed by atoms with van der Waals surface area (Å²) in [5, 5.41) is -0.913. The predicted octanol–water partition coefficient (Wildman–Crippen LogP) is 3.44. The van der Waals surface area contributed by atoms with Crippen molar-refractivity contribution in [1.82, 2.24) is 4.98 Å². The average Bonchev–Trinajstić information content (AvgIpc) is 2.24. The second-order valence-electron chi connectivity index (χ2n) is 3.20. The van der Waals surface area contributed by atoms with Crippen molar-refractivity contribution in [3.63, 3.8) is 0 Å². The molecule has 0 aliphatic heterocycles. The number of hydrogen-bond donors (Lipinski definition) is 0. The predicted molar refractivity (Wildman–Crippen MR) is 52.3 cm³/mol. The van der Waals surface area contributed by atoms with Crippen LogP contribution in [0.2, 0.25) is 5.15 Å². The highest BCUT2D eigenvalue weighted by atomic mass is 35.5. The number of nitrogens with zero attached hydrogens (tertiary/aromatic N) is 1. The van der Waals surface area contributed by atoms with Crippen molar-refractivity contribution < 1.29 is 40.6 Å². The van der Waals surface area contributed by atoms with Gasteiger partial charge in [0.2, 0.25) is 0 Å². The first-order valence-electron chi connectivity index (χ1n) is 4.57. The number of halogens is 7. The monoisotopic (exact) mass is 323 g/mol. The fourth-order valence-electron chi connectivity index (χ4n) is 1.18. The molecule has 20 heavy (non-hydrogen) atoms. The van der Waals surface area contributed by atoms with Gasteiger partial charge in [-0.2, -0.15) is 13.2 Å². The number of pyridine rings is 1. The van der Waals surface area contributed by atoms with Gasteiger partial charge < -0.3 is 9.47 Å². The minimum Gasteiger partial charge on any atom is -0.465 e. The Kier molecular flexibility index (Phi) is 4.37. The maximum atomic E-state index is 12.6. The molecule has 0 aliphatic carbocycles. The van der Waals surface area contributed by atoms with Gasteiger partial charge in [-0.05, 0) is 0 Å². The molecule has 0 aliphatic rings. The molecule has 0 fully saturated rings. The van der Waals surface area contributed by atoms with Gasteiger partial charge in [0.25, 0.3) is 0 Å². The Hall–Kier alpha value is -1.71. The molecule has 0 radical (unpaired) electrons. The van der Waals surface area contributed by atoms with Gasteiger partial charge >= 0.3 is 18.5 Å². The molecule has 1 heterocycles. The van der Waals surface area contributed by atoms with E-state index in [1.54, 1.807) is 0 Å². The van der Waals surface area contributed by atoms with Gasteiger partial charge in [-0.15, -0.1) is 13.2 Å². The van der Waals surface area contributed by atoms with Crippen LogP contribution < -0.4 is 4.74 Å². The molecule has 1 rings (SSSR count). The van der Waals surface area contributed by atoms with Crippen LogP contribution >= 0.6 is 11.6 Å². The maximum Gasteiger partial charge on any atom is 0.573 e. The highest BCUT2D eigenvalue weighted by molar-refractivity contribution is 6.32. The fraction of sp³-hybridized carbons (Fsp3) is 0.333.